The summed E-state index contributed by atoms with van der Waals surface area (Å²) in [5.74, 6) is -0.322. The zero-order valence-electron chi connectivity index (χ0n) is 11.1. The average molecular weight is 272 g/mol. The lowest BCUT2D eigenvalue weighted by Gasteiger charge is -2.01. The fourth-order valence-electron chi connectivity index (χ4n) is 2.25. The van der Waals surface area contributed by atoms with Crippen LogP contribution in [0.15, 0.2) is 23.2 Å². The molecule has 5 nitrogen and oxygen atoms in total. The van der Waals surface area contributed by atoms with Crippen molar-refractivity contribution in [3.05, 3.63) is 40.9 Å². The predicted octanol–water partition coefficient (Wildman–Crippen LogP) is 1.94. The first-order valence-corrected chi connectivity index (χ1v) is 6.04. The van der Waals surface area contributed by atoms with Gasteiger partial charge in [-0.25, -0.2) is 4.39 Å². The Kier molecular flexibility index (Phi) is 2.60. The van der Waals surface area contributed by atoms with Gasteiger partial charge in [-0.05, 0) is 18.2 Å². The second-order valence-electron chi connectivity index (χ2n) is 4.67. The normalized spacial score (nSPS) is 15.1. The van der Waals surface area contributed by atoms with Crippen molar-refractivity contribution in [2.75, 3.05) is 0 Å². The van der Waals surface area contributed by atoms with Gasteiger partial charge in [0.15, 0.2) is 0 Å². The summed E-state index contributed by atoms with van der Waals surface area (Å²) in [4.78, 5) is 4.15. The molecule has 6 heteroatoms. The van der Waals surface area contributed by atoms with E-state index in [0.717, 1.165) is 11.1 Å². The van der Waals surface area contributed by atoms with Crippen LogP contribution in [-0.2, 0) is 14.1 Å². The van der Waals surface area contributed by atoms with Crippen LogP contribution >= 0.6 is 0 Å². The molecule has 20 heavy (non-hydrogen) atoms. The Morgan fingerprint density at radius 3 is 2.70 bits per heavy atom. The molecule has 1 aromatic carbocycles. The second-order valence-corrected chi connectivity index (χ2v) is 4.67. The smallest absolute Gasteiger partial charge is 0.218 e. The van der Waals surface area contributed by atoms with E-state index in [0.29, 0.717) is 11.4 Å². The lowest BCUT2D eigenvalue weighted by molar-refractivity contribution is 0.427. The summed E-state index contributed by atoms with van der Waals surface area (Å²) in [5, 5.41) is 17.8. The predicted molar refractivity (Wildman–Crippen MR) is 74.3 cm³/mol. The van der Waals surface area contributed by atoms with Gasteiger partial charge in [-0.1, -0.05) is 0 Å². The summed E-state index contributed by atoms with van der Waals surface area (Å²) in [6.45, 7) is 0. The molecule has 1 aromatic heterocycles. The third-order valence-electron chi connectivity index (χ3n) is 3.45. The number of imidazole rings is 1. The zero-order chi connectivity index (χ0) is 14.4. The first kappa shape index (κ1) is 12.4. The molecule has 1 aliphatic heterocycles. The molecule has 1 aliphatic rings. The van der Waals surface area contributed by atoms with Crippen molar-refractivity contribution < 1.29 is 9.50 Å². The number of fused-ring (bicyclic) bond motifs is 1. The maximum Gasteiger partial charge on any atom is 0.218 e. The zero-order valence-corrected chi connectivity index (χ0v) is 11.1. The molecule has 102 valence electrons. The van der Waals surface area contributed by atoms with Gasteiger partial charge in [-0.2, -0.15) is 0 Å². The first-order chi connectivity index (χ1) is 9.49. The number of halogens is 1. The molecule has 0 saturated carbocycles. The van der Waals surface area contributed by atoms with E-state index in [2.05, 4.69) is 4.99 Å². The van der Waals surface area contributed by atoms with E-state index in [9.17, 15) is 9.50 Å². The minimum absolute atomic E-state index is 0.00830. The Hall–Kier alpha value is -2.63. The van der Waals surface area contributed by atoms with Gasteiger partial charge in [0.2, 0.25) is 11.5 Å². The highest BCUT2D eigenvalue weighted by Crippen LogP contribution is 2.33. The monoisotopic (exact) mass is 272 g/mol. The van der Waals surface area contributed by atoms with Crippen LogP contribution in [0.3, 0.4) is 0 Å². The number of aromatic nitrogens is 2. The van der Waals surface area contributed by atoms with E-state index in [1.165, 1.54) is 16.7 Å². The highest BCUT2D eigenvalue weighted by Gasteiger charge is 2.16. The molecule has 2 N–H and O–H groups in total. The van der Waals surface area contributed by atoms with Crippen molar-refractivity contribution in [1.82, 2.24) is 9.13 Å². The minimum Gasteiger partial charge on any atom is -0.493 e. The van der Waals surface area contributed by atoms with E-state index >= 15 is 0 Å². The molecule has 0 aliphatic carbocycles. The van der Waals surface area contributed by atoms with Gasteiger partial charge in [-0.3, -0.25) is 15.0 Å². The molecular weight excluding hydrogens is 259 g/mol. The number of hydrogen-bond donors (Lipinski definition) is 2. The number of benzene rings is 1. The van der Waals surface area contributed by atoms with E-state index in [1.54, 1.807) is 37.0 Å². The molecule has 3 rings (SSSR count). The summed E-state index contributed by atoms with van der Waals surface area (Å²) in [6, 6.07) is 4.40. The summed E-state index contributed by atoms with van der Waals surface area (Å²) in [6.07, 6.45) is 3.36. The maximum absolute atomic E-state index is 13.1. The first-order valence-electron chi connectivity index (χ1n) is 6.04. The highest BCUT2D eigenvalue weighted by molar-refractivity contribution is 6.21. The van der Waals surface area contributed by atoms with E-state index in [-0.39, 0.29) is 17.3 Å². The van der Waals surface area contributed by atoms with Gasteiger partial charge < -0.3 is 9.67 Å². The van der Waals surface area contributed by atoms with Crippen molar-refractivity contribution in [1.29, 1.82) is 5.41 Å². The van der Waals surface area contributed by atoms with Gasteiger partial charge in [0.05, 0.1) is 5.69 Å². The minimum atomic E-state index is -0.330. The maximum atomic E-state index is 13.1. The van der Waals surface area contributed by atoms with Crippen LogP contribution in [0.5, 0.6) is 5.88 Å². The van der Waals surface area contributed by atoms with Crippen LogP contribution < -0.4 is 5.62 Å². The van der Waals surface area contributed by atoms with Crippen LogP contribution in [0, 0.1) is 11.2 Å². The third kappa shape index (κ3) is 1.69. The highest BCUT2D eigenvalue weighted by atomic mass is 19.1. The molecule has 0 radical (unpaired) electrons. The molecule has 0 spiro atoms. The van der Waals surface area contributed by atoms with Crippen LogP contribution in [-0.4, -0.2) is 20.5 Å². The number of nitrogens with one attached hydrogen (secondary N) is 1. The Balaban J connectivity index is 2.16. The number of allylic oxidation sites excluding steroid dienone is 1. The third-order valence-corrected chi connectivity index (χ3v) is 3.45. The molecule has 0 atom stereocenters. The summed E-state index contributed by atoms with van der Waals surface area (Å²) < 4.78 is 16.1. The van der Waals surface area contributed by atoms with Crippen LogP contribution in [0.2, 0.25) is 0 Å². The van der Waals surface area contributed by atoms with Crippen LogP contribution in [0.4, 0.5) is 10.1 Å². The van der Waals surface area contributed by atoms with Crippen molar-refractivity contribution in [2.45, 2.75) is 0 Å². The Bertz CT molecular complexity index is 826. The Labute approximate surface area is 114 Å². The second kappa shape index (κ2) is 4.19. The van der Waals surface area contributed by atoms with Gasteiger partial charge in [-0.15, -0.1) is 0 Å². The lowest BCUT2D eigenvalue weighted by Crippen LogP contribution is -2.20. The molecule has 2 aromatic rings. The van der Waals surface area contributed by atoms with Crippen molar-refractivity contribution in [3.63, 3.8) is 0 Å². The van der Waals surface area contributed by atoms with Crippen LogP contribution in [0.1, 0.15) is 11.3 Å². The quantitative estimate of drug-likeness (QED) is 0.818. The largest absolute Gasteiger partial charge is 0.493 e. The van der Waals surface area contributed by atoms with Crippen molar-refractivity contribution >= 4 is 23.6 Å². The van der Waals surface area contributed by atoms with Gasteiger partial charge >= 0.3 is 0 Å². The van der Waals surface area contributed by atoms with Gasteiger partial charge in [0, 0.05) is 37.5 Å². The van der Waals surface area contributed by atoms with E-state index in [4.69, 9.17) is 5.41 Å². The van der Waals surface area contributed by atoms with Crippen molar-refractivity contribution in [2.24, 2.45) is 19.1 Å². The number of aromatic hydroxyl groups is 1. The van der Waals surface area contributed by atoms with E-state index < -0.39 is 0 Å². The fourth-order valence-corrected chi connectivity index (χ4v) is 2.25. The van der Waals surface area contributed by atoms with Crippen LogP contribution in [0.25, 0.3) is 11.6 Å². The Morgan fingerprint density at radius 1 is 1.30 bits per heavy atom. The fraction of sp³-hybridized carbons (Fsp3) is 0.143. The van der Waals surface area contributed by atoms with Crippen molar-refractivity contribution in [3.8, 4) is 5.88 Å². The van der Waals surface area contributed by atoms with Gasteiger partial charge in [0.1, 0.15) is 11.5 Å². The molecule has 0 saturated heterocycles. The summed E-state index contributed by atoms with van der Waals surface area (Å²) in [5.41, 5.74) is 2.85. The SMILES string of the molecule is Cn1c(O)c(C=C2C=Nc3cc(F)ccc32)n(C)c1=N. The standard InChI is InChI=1S/C14H13FN4O/c1-18-12(13(20)19(2)14(18)16)5-8-7-17-11-6-9(15)3-4-10(8)11/h3-7,16,20H,1-2H3. The number of nitrogens with zero attached hydrogens (tertiary/aromatic N) is 3. The number of aliphatic imine (C=N–C) groups is 1. The molecule has 0 amide bonds. The van der Waals surface area contributed by atoms with Gasteiger partial charge in [0.25, 0.3) is 0 Å². The average Bonchev–Trinajstić information content (AvgIpc) is 2.90. The molecule has 2 heterocycles. The number of hydrogen-bond acceptors (Lipinski definition) is 3. The Morgan fingerprint density at radius 2 is 2.05 bits per heavy atom. The van der Waals surface area contributed by atoms with E-state index in [1.807, 2.05) is 0 Å². The molecular formula is C14H13FN4O. The number of rotatable bonds is 1. The molecule has 0 fully saturated rings. The molecule has 0 unspecified atom stereocenters. The lowest BCUT2D eigenvalue weighted by atomic mass is 10.1. The molecule has 0 bridgehead atoms. The topological polar surface area (TPSA) is 66.3 Å². The summed E-state index contributed by atoms with van der Waals surface area (Å²) in [7, 11) is 3.32. The summed E-state index contributed by atoms with van der Waals surface area (Å²) >= 11 is 0.